The van der Waals surface area contributed by atoms with Crippen LogP contribution in [0.1, 0.15) is 5.56 Å². The Morgan fingerprint density at radius 2 is 1.83 bits per heavy atom. The van der Waals surface area contributed by atoms with Gasteiger partial charge in [0.05, 0.1) is 10.9 Å². The summed E-state index contributed by atoms with van der Waals surface area (Å²) >= 11 is 0. The predicted octanol–water partition coefficient (Wildman–Crippen LogP) is 1.16. The van der Waals surface area contributed by atoms with E-state index in [9.17, 15) is 28.4 Å². The molecule has 0 aliphatic carbocycles. The van der Waals surface area contributed by atoms with E-state index in [0.717, 1.165) is 18.2 Å². The fraction of sp³-hybridized carbons (Fsp3) is 0. The summed E-state index contributed by atoms with van der Waals surface area (Å²) in [6.07, 6.45) is 2.04. The van der Waals surface area contributed by atoms with Crippen molar-refractivity contribution in [2.24, 2.45) is 0 Å². The smallest absolute Gasteiger partial charge is 0.289 e. The molecular formula is C15H11N2O6S-. The zero-order chi connectivity index (χ0) is 17.7. The lowest BCUT2D eigenvalue weighted by Crippen LogP contribution is -2.18. The summed E-state index contributed by atoms with van der Waals surface area (Å²) in [6.45, 7) is 0. The number of carboxylic acids is 1. The highest BCUT2D eigenvalue weighted by molar-refractivity contribution is 7.92. The van der Waals surface area contributed by atoms with E-state index in [1.807, 2.05) is 0 Å². The minimum Gasteiger partial charge on any atom is -0.545 e. The zero-order valence-electron chi connectivity index (χ0n) is 12.1. The number of rotatable bonds is 6. The summed E-state index contributed by atoms with van der Waals surface area (Å²) in [5.74, 6) is -1.39. The second kappa shape index (κ2) is 6.92. The first-order valence-electron chi connectivity index (χ1n) is 6.55. The summed E-state index contributed by atoms with van der Waals surface area (Å²) in [5, 5.41) is 21.4. The van der Waals surface area contributed by atoms with Gasteiger partial charge in [-0.3, -0.25) is 14.8 Å². The number of anilines is 1. The highest BCUT2D eigenvalue weighted by Gasteiger charge is 2.25. The molecule has 0 bridgehead atoms. The minimum atomic E-state index is -4.18. The van der Waals surface area contributed by atoms with Gasteiger partial charge in [-0.1, -0.05) is 30.3 Å². The molecule has 2 aromatic carbocycles. The van der Waals surface area contributed by atoms with Crippen LogP contribution in [0, 0.1) is 10.1 Å². The van der Waals surface area contributed by atoms with Crippen LogP contribution in [-0.2, 0) is 14.8 Å². The van der Waals surface area contributed by atoms with Crippen LogP contribution in [0.4, 0.5) is 11.4 Å². The summed E-state index contributed by atoms with van der Waals surface area (Å²) in [5.41, 5.74) is 0.00797. The first-order valence-corrected chi connectivity index (χ1v) is 8.03. The average molecular weight is 347 g/mol. The fourth-order valence-corrected chi connectivity index (χ4v) is 3.14. The monoisotopic (exact) mass is 347 g/mol. The van der Waals surface area contributed by atoms with Crippen LogP contribution in [0.25, 0.3) is 6.08 Å². The third kappa shape index (κ3) is 4.17. The maximum Gasteiger partial charge on any atom is 0.289 e. The molecule has 0 atom stereocenters. The van der Waals surface area contributed by atoms with Gasteiger partial charge in [0, 0.05) is 11.8 Å². The van der Waals surface area contributed by atoms with Gasteiger partial charge in [0.1, 0.15) is 0 Å². The molecule has 0 radical (unpaired) electrons. The average Bonchev–Trinajstić information content (AvgIpc) is 2.53. The van der Waals surface area contributed by atoms with Crippen molar-refractivity contribution in [3.05, 3.63) is 70.3 Å². The quantitative estimate of drug-likeness (QED) is 0.474. The van der Waals surface area contributed by atoms with E-state index in [1.165, 1.54) is 36.4 Å². The molecule has 0 spiro atoms. The molecule has 8 nitrogen and oxygen atoms in total. The second-order valence-corrected chi connectivity index (χ2v) is 6.26. The standard InChI is InChI=1S/C15H12N2O6S/c18-15(19)9-8-11-4-3-5-12(10-11)16-24(22,23)14-7-2-1-6-13(14)17(20)21/h1-10,16H,(H,18,19)/p-1. The van der Waals surface area contributed by atoms with Crippen molar-refractivity contribution in [3.63, 3.8) is 0 Å². The Morgan fingerprint density at radius 3 is 2.50 bits per heavy atom. The van der Waals surface area contributed by atoms with Crippen molar-refractivity contribution in [2.75, 3.05) is 4.72 Å². The van der Waals surface area contributed by atoms with Crippen LogP contribution in [0.15, 0.2) is 59.5 Å². The molecule has 0 aliphatic heterocycles. The molecule has 0 saturated carbocycles. The number of hydrogen-bond donors (Lipinski definition) is 1. The number of nitro benzene ring substituents is 1. The molecular weight excluding hydrogens is 336 g/mol. The number of carbonyl (C=O) groups is 1. The Morgan fingerprint density at radius 1 is 1.12 bits per heavy atom. The highest BCUT2D eigenvalue weighted by atomic mass is 32.2. The second-order valence-electron chi connectivity index (χ2n) is 4.61. The minimum absolute atomic E-state index is 0.133. The van der Waals surface area contributed by atoms with Gasteiger partial charge in [0.15, 0.2) is 4.90 Å². The molecule has 0 fully saturated rings. The van der Waals surface area contributed by atoms with Crippen molar-refractivity contribution in [1.29, 1.82) is 0 Å². The van der Waals surface area contributed by atoms with Crippen molar-refractivity contribution in [2.45, 2.75) is 4.90 Å². The molecule has 2 rings (SSSR count). The Kier molecular flexibility index (Phi) is 4.95. The molecule has 1 N–H and O–H groups in total. The number of aliphatic carboxylic acids is 1. The Hall–Kier alpha value is -3.20. The molecule has 9 heteroatoms. The first kappa shape index (κ1) is 17.2. The molecule has 124 valence electrons. The summed E-state index contributed by atoms with van der Waals surface area (Å²) in [4.78, 5) is 20.1. The van der Waals surface area contributed by atoms with E-state index in [2.05, 4.69) is 4.72 Å². The van der Waals surface area contributed by atoms with Crippen molar-refractivity contribution >= 4 is 33.4 Å². The zero-order valence-corrected chi connectivity index (χ0v) is 12.9. The van der Waals surface area contributed by atoms with Gasteiger partial charge in [0.2, 0.25) is 0 Å². The van der Waals surface area contributed by atoms with Crippen molar-refractivity contribution in [1.82, 2.24) is 0 Å². The maximum atomic E-state index is 12.4. The molecule has 0 unspecified atom stereocenters. The van der Waals surface area contributed by atoms with Crippen LogP contribution >= 0.6 is 0 Å². The number of benzene rings is 2. The van der Waals surface area contributed by atoms with E-state index in [1.54, 1.807) is 6.07 Å². The SMILES string of the molecule is O=C([O-])C=Cc1cccc(NS(=O)(=O)c2ccccc2[N+](=O)[O-])c1. The maximum absolute atomic E-state index is 12.4. The topological polar surface area (TPSA) is 129 Å². The van der Waals surface area contributed by atoms with Gasteiger partial charge in [-0.25, -0.2) is 8.42 Å². The summed E-state index contributed by atoms with van der Waals surface area (Å²) < 4.78 is 27.0. The van der Waals surface area contributed by atoms with Crippen LogP contribution < -0.4 is 9.83 Å². The normalized spacial score (nSPS) is 11.3. The number of carboxylic acid groups (broad SMARTS) is 1. The van der Waals surface area contributed by atoms with Gasteiger partial charge in [-0.05, 0) is 29.8 Å². The Bertz CT molecular complexity index is 921. The van der Waals surface area contributed by atoms with E-state index in [-0.39, 0.29) is 5.69 Å². The highest BCUT2D eigenvalue weighted by Crippen LogP contribution is 2.25. The number of nitro groups is 1. The number of hydrogen-bond acceptors (Lipinski definition) is 6. The van der Waals surface area contributed by atoms with Crippen LogP contribution in [0.3, 0.4) is 0 Å². The van der Waals surface area contributed by atoms with Crippen LogP contribution in [0.5, 0.6) is 0 Å². The number of sulfonamides is 1. The molecule has 24 heavy (non-hydrogen) atoms. The van der Waals surface area contributed by atoms with Crippen molar-refractivity contribution in [3.8, 4) is 0 Å². The largest absolute Gasteiger partial charge is 0.545 e. The number of para-hydroxylation sites is 1. The fourth-order valence-electron chi connectivity index (χ4n) is 1.92. The van der Waals surface area contributed by atoms with E-state index in [4.69, 9.17) is 0 Å². The van der Waals surface area contributed by atoms with E-state index >= 15 is 0 Å². The lowest BCUT2D eigenvalue weighted by molar-refractivity contribution is -0.387. The Balaban J connectivity index is 2.35. The lowest BCUT2D eigenvalue weighted by Gasteiger charge is -2.09. The van der Waals surface area contributed by atoms with E-state index < -0.39 is 31.5 Å². The van der Waals surface area contributed by atoms with Gasteiger partial charge < -0.3 is 9.90 Å². The van der Waals surface area contributed by atoms with Gasteiger partial charge in [-0.2, -0.15) is 0 Å². The predicted molar refractivity (Wildman–Crippen MR) is 84.4 cm³/mol. The summed E-state index contributed by atoms with van der Waals surface area (Å²) in [7, 11) is -4.18. The molecule has 2 aromatic rings. The number of nitrogens with one attached hydrogen (secondary N) is 1. The van der Waals surface area contributed by atoms with Crippen LogP contribution in [-0.4, -0.2) is 19.3 Å². The molecule has 0 amide bonds. The third-order valence-corrected chi connectivity index (χ3v) is 4.33. The molecule has 0 aromatic heterocycles. The van der Waals surface area contributed by atoms with Gasteiger partial charge in [0.25, 0.3) is 15.7 Å². The van der Waals surface area contributed by atoms with Gasteiger partial charge >= 0.3 is 0 Å². The molecule has 0 heterocycles. The molecule has 0 aliphatic rings. The first-order chi connectivity index (χ1) is 11.3. The summed E-state index contributed by atoms with van der Waals surface area (Å²) in [6, 6.07) is 10.8. The van der Waals surface area contributed by atoms with E-state index in [0.29, 0.717) is 5.56 Å². The van der Waals surface area contributed by atoms with Crippen LogP contribution in [0.2, 0.25) is 0 Å². The number of nitrogens with zero attached hydrogens (tertiary/aromatic N) is 1. The lowest BCUT2D eigenvalue weighted by atomic mass is 10.2. The molecule has 0 saturated heterocycles. The number of carbonyl (C=O) groups excluding carboxylic acids is 1. The Labute approximate surface area is 137 Å². The van der Waals surface area contributed by atoms with Gasteiger partial charge in [-0.15, -0.1) is 0 Å². The van der Waals surface area contributed by atoms with Crippen molar-refractivity contribution < 1.29 is 23.2 Å². The third-order valence-electron chi connectivity index (χ3n) is 2.90.